The average molecular weight is 283 g/mol. The molecular weight excluding hydrogens is 264 g/mol. The van der Waals surface area contributed by atoms with Crippen LogP contribution in [0.1, 0.15) is 31.7 Å². The van der Waals surface area contributed by atoms with E-state index in [1.807, 2.05) is 0 Å². The molecular formula is C14H19F2N3O. The maximum atomic E-state index is 14.1. The Morgan fingerprint density at radius 2 is 1.90 bits per heavy atom. The monoisotopic (exact) mass is 283 g/mol. The van der Waals surface area contributed by atoms with Crippen LogP contribution in [-0.2, 0) is 0 Å². The highest BCUT2D eigenvalue weighted by Gasteiger charge is 2.27. The molecule has 0 spiro atoms. The topological polar surface area (TPSA) is 73.3 Å². The molecule has 0 aromatic heterocycles. The molecule has 1 aromatic carbocycles. The van der Waals surface area contributed by atoms with E-state index in [0.29, 0.717) is 32.4 Å². The van der Waals surface area contributed by atoms with Gasteiger partial charge in [0.25, 0.3) is 0 Å². The molecule has 0 aliphatic carbocycles. The summed E-state index contributed by atoms with van der Waals surface area (Å²) >= 11 is 0. The summed E-state index contributed by atoms with van der Waals surface area (Å²) in [5.74, 6) is -1.82. The van der Waals surface area contributed by atoms with Gasteiger partial charge in [0.1, 0.15) is 23.2 Å². The molecule has 1 unspecified atom stereocenters. The molecule has 1 fully saturated rings. The first-order chi connectivity index (χ1) is 9.30. The molecule has 20 heavy (non-hydrogen) atoms. The zero-order chi connectivity index (χ0) is 14.9. The molecule has 0 amide bonds. The Morgan fingerprint density at radius 3 is 2.45 bits per heavy atom. The lowest BCUT2D eigenvalue weighted by molar-refractivity contribution is 0.0481. The molecule has 4 nitrogen and oxygen atoms in total. The minimum absolute atomic E-state index is 0.0329. The molecule has 1 aliphatic rings. The highest BCUT2D eigenvalue weighted by atomic mass is 19.1. The second kappa shape index (κ2) is 5.36. The van der Waals surface area contributed by atoms with Gasteiger partial charge in [0.2, 0.25) is 0 Å². The molecule has 1 heterocycles. The summed E-state index contributed by atoms with van der Waals surface area (Å²) in [6, 6.07) is 2.15. The van der Waals surface area contributed by atoms with Gasteiger partial charge in [-0.25, -0.2) is 8.78 Å². The molecule has 1 aromatic rings. The lowest BCUT2D eigenvalue weighted by Crippen LogP contribution is -2.29. The van der Waals surface area contributed by atoms with Crippen LogP contribution in [0.5, 0.6) is 0 Å². The summed E-state index contributed by atoms with van der Waals surface area (Å²) in [6.45, 7) is 2.62. The van der Waals surface area contributed by atoms with E-state index in [4.69, 9.17) is 11.1 Å². The van der Waals surface area contributed by atoms with Crippen molar-refractivity contribution < 1.29 is 13.9 Å². The summed E-state index contributed by atoms with van der Waals surface area (Å²) in [7, 11) is 0. The highest BCUT2D eigenvalue weighted by molar-refractivity contribution is 5.95. The molecule has 6 heteroatoms. The summed E-state index contributed by atoms with van der Waals surface area (Å²) in [5.41, 5.74) is 4.38. The van der Waals surface area contributed by atoms with Gasteiger partial charge >= 0.3 is 0 Å². The molecule has 1 atom stereocenters. The zero-order valence-electron chi connectivity index (χ0n) is 11.4. The quantitative estimate of drug-likeness (QED) is 0.574. The Balaban J connectivity index is 2.31. The Bertz CT molecular complexity index is 508. The largest absolute Gasteiger partial charge is 0.390 e. The predicted octanol–water partition coefficient (Wildman–Crippen LogP) is 1.99. The fourth-order valence-electron chi connectivity index (χ4n) is 2.51. The van der Waals surface area contributed by atoms with Crippen LogP contribution < -0.4 is 10.6 Å². The van der Waals surface area contributed by atoms with E-state index in [-0.39, 0.29) is 17.1 Å². The third-order valence-electron chi connectivity index (χ3n) is 3.71. The van der Waals surface area contributed by atoms with Crippen LogP contribution >= 0.6 is 0 Å². The van der Waals surface area contributed by atoms with E-state index in [1.54, 1.807) is 11.8 Å². The van der Waals surface area contributed by atoms with Crippen LogP contribution in [0.25, 0.3) is 0 Å². The van der Waals surface area contributed by atoms with Crippen LogP contribution in [0.4, 0.5) is 14.5 Å². The standard InChI is InChI=1S/C14H19F2N3O/c1-14(20)3-2-5-19(6-4-14)12-10(15)7-9(13(17)18)8-11(12)16/h7-8,20H,2-6H2,1H3,(H3,17,18). The number of hydrogen-bond donors (Lipinski definition) is 3. The van der Waals surface area contributed by atoms with Crippen LogP contribution in [0.3, 0.4) is 0 Å². The van der Waals surface area contributed by atoms with Crippen molar-refractivity contribution in [1.82, 2.24) is 0 Å². The van der Waals surface area contributed by atoms with Gasteiger partial charge in [0.15, 0.2) is 0 Å². The molecule has 0 bridgehead atoms. The first kappa shape index (κ1) is 14.7. The molecule has 1 saturated heterocycles. The van der Waals surface area contributed by atoms with E-state index >= 15 is 0 Å². The summed E-state index contributed by atoms with van der Waals surface area (Å²) < 4.78 is 28.2. The van der Waals surface area contributed by atoms with Crippen LogP contribution in [0, 0.1) is 17.0 Å². The van der Waals surface area contributed by atoms with Gasteiger partial charge in [-0.3, -0.25) is 5.41 Å². The molecule has 2 rings (SSSR count). The fourth-order valence-corrected chi connectivity index (χ4v) is 2.51. The van der Waals surface area contributed by atoms with Crippen molar-refractivity contribution in [2.45, 2.75) is 31.8 Å². The van der Waals surface area contributed by atoms with Crippen molar-refractivity contribution >= 4 is 11.5 Å². The minimum Gasteiger partial charge on any atom is -0.390 e. The van der Waals surface area contributed by atoms with Crippen LogP contribution in [-0.4, -0.2) is 29.6 Å². The number of halogens is 2. The van der Waals surface area contributed by atoms with Gasteiger partial charge in [-0.2, -0.15) is 0 Å². The van der Waals surface area contributed by atoms with Crippen LogP contribution in [0.2, 0.25) is 0 Å². The first-order valence-electron chi connectivity index (χ1n) is 6.61. The molecule has 1 aliphatic heterocycles. The van der Waals surface area contributed by atoms with Gasteiger partial charge in [-0.1, -0.05) is 0 Å². The molecule has 4 N–H and O–H groups in total. The van der Waals surface area contributed by atoms with Gasteiger partial charge in [0.05, 0.1) is 5.60 Å². The van der Waals surface area contributed by atoms with E-state index in [1.165, 1.54) is 0 Å². The summed E-state index contributed by atoms with van der Waals surface area (Å²) in [6.07, 6.45) is 1.74. The second-order valence-corrected chi connectivity index (χ2v) is 5.54. The molecule has 0 radical (unpaired) electrons. The number of hydrogen-bond acceptors (Lipinski definition) is 3. The maximum Gasteiger partial charge on any atom is 0.150 e. The van der Waals surface area contributed by atoms with Crippen molar-refractivity contribution in [3.8, 4) is 0 Å². The van der Waals surface area contributed by atoms with Crippen molar-refractivity contribution in [3.05, 3.63) is 29.3 Å². The maximum absolute atomic E-state index is 14.1. The smallest absolute Gasteiger partial charge is 0.150 e. The van der Waals surface area contributed by atoms with E-state index in [0.717, 1.165) is 12.1 Å². The third-order valence-corrected chi connectivity index (χ3v) is 3.71. The van der Waals surface area contributed by atoms with Gasteiger partial charge < -0.3 is 15.7 Å². The number of rotatable bonds is 2. The van der Waals surface area contributed by atoms with Gasteiger partial charge in [-0.15, -0.1) is 0 Å². The Labute approximate surface area is 116 Å². The first-order valence-corrected chi connectivity index (χ1v) is 6.61. The number of anilines is 1. The van der Waals surface area contributed by atoms with E-state index in [9.17, 15) is 13.9 Å². The second-order valence-electron chi connectivity index (χ2n) is 5.54. The van der Waals surface area contributed by atoms with Crippen molar-refractivity contribution in [3.63, 3.8) is 0 Å². The Morgan fingerprint density at radius 1 is 1.30 bits per heavy atom. The number of benzene rings is 1. The third kappa shape index (κ3) is 3.07. The Hall–Kier alpha value is -1.69. The number of nitrogen functional groups attached to an aromatic ring is 1. The van der Waals surface area contributed by atoms with Crippen molar-refractivity contribution in [1.29, 1.82) is 5.41 Å². The molecule has 110 valence electrons. The minimum atomic E-state index is -0.791. The number of amidine groups is 1. The molecule has 0 saturated carbocycles. The fraction of sp³-hybridized carbons (Fsp3) is 0.500. The summed E-state index contributed by atoms with van der Waals surface area (Å²) in [4.78, 5) is 1.61. The van der Waals surface area contributed by atoms with Gasteiger partial charge in [-0.05, 0) is 38.3 Å². The van der Waals surface area contributed by atoms with Crippen molar-refractivity contribution in [2.24, 2.45) is 5.73 Å². The zero-order valence-corrected chi connectivity index (χ0v) is 11.4. The van der Waals surface area contributed by atoms with Crippen molar-refractivity contribution in [2.75, 3.05) is 18.0 Å². The van der Waals surface area contributed by atoms with Gasteiger partial charge in [0, 0.05) is 18.7 Å². The van der Waals surface area contributed by atoms with Crippen LogP contribution in [0.15, 0.2) is 12.1 Å². The normalized spacial score (nSPS) is 23.5. The summed E-state index contributed by atoms with van der Waals surface area (Å²) in [5, 5.41) is 17.2. The lowest BCUT2D eigenvalue weighted by atomic mass is 9.98. The average Bonchev–Trinajstić information content (AvgIpc) is 2.50. The number of aliphatic hydroxyl groups is 1. The number of nitrogens with zero attached hydrogens (tertiary/aromatic N) is 1. The number of nitrogens with two attached hydrogens (primary N) is 1. The predicted molar refractivity (Wildman–Crippen MR) is 74.1 cm³/mol. The van der Waals surface area contributed by atoms with E-state index in [2.05, 4.69) is 0 Å². The SMILES string of the molecule is CC1(O)CCCN(c2c(F)cc(C(=N)N)cc2F)CC1. The highest BCUT2D eigenvalue weighted by Crippen LogP contribution is 2.29. The van der Waals surface area contributed by atoms with E-state index < -0.39 is 17.2 Å². The number of nitrogens with one attached hydrogen (secondary N) is 1. The lowest BCUT2D eigenvalue weighted by Gasteiger charge is -2.25. The Kier molecular flexibility index (Phi) is 3.94.